The molecule has 0 bridgehead atoms. The minimum Gasteiger partial charge on any atom is -0.538 e. The summed E-state index contributed by atoms with van der Waals surface area (Å²) >= 11 is 0. The average molecular weight is 408 g/mol. The molecule has 2 aliphatic heterocycles. The van der Waals surface area contributed by atoms with E-state index < -0.39 is 5.97 Å². The Bertz CT molecular complexity index is 942. The van der Waals surface area contributed by atoms with Crippen LogP contribution < -0.4 is 15.3 Å². The highest BCUT2D eigenvalue weighted by Gasteiger charge is 2.35. The first-order valence-corrected chi connectivity index (χ1v) is 10.5. The van der Waals surface area contributed by atoms with Crippen molar-refractivity contribution >= 4 is 29.1 Å². The van der Waals surface area contributed by atoms with Crippen LogP contribution in [0.3, 0.4) is 0 Å². The van der Waals surface area contributed by atoms with E-state index in [1.54, 1.807) is 0 Å². The van der Waals surface area contributed by atoms with E-state index in [1.807, 2.05) is 71.9 Å². The van der Waals surface area contributed by atoms with E-state index in [1.165, 1.54) is 6.42 Å². The maximum Gasteiger partial charge on any atom is 0.305 e. The van der Waals surface area contributed by atoms with Gasteiger partial charge in [-0.1, -0.05) is 42.8 Å². The lowest BCUT2D eigenvalue weighted by Crippen LogP contribution is -2.44. The summed E-state index contributed by atoms with van der Waals surface area (Å²) in [6.45, 7) is 6.11. The highest BCUT2D eigenvalue weighted by atomic mass is 16.4. The third kappa shape index (κ3) is 5.06. The van der Waals surface area contributed by atoms with Crippen LogP contribution in [0.15, 0.2) is 48.5 Å². The molecule has 0 unspecified atom stereocenters. The minimum atomic E-state index is -1.15. The summed E-state index contributed by atoms with van der Waals surface area (Å²) < 4.78 is 1.83. The molecule has 6 heteroatoms. The number of rotatable bonds is 3. The number of carbonyl (C=O) groups is 2. The van der Waals surface area contributed by atoms with E-state index in [9.17, 15) is 14.7 Å². The van der Waals surface area contributed by atoms with Crippen molar-refractivity contribution in [3.8, 4) is 0 Å². The van der Waals surface area contributed by atoms with Crippen LogP contribution >= 0.6 is 0 Å². The average Bonchev–Trinajstić information content (AvgIpc) is 3.02. The van der Waals surface area contributed by atoms with Crippen LogP contribution in [0.4, 0.5) is 11.4 Å². The molecule has 1 saturated heterocycles. The Kier molecular flexibility index (Phi) is 7.22. The van der Waals surface area contributed by atoms with E-state index in [4.69, 9.17) is 0 Å². The van der Waals surface area contributed by atoms with Crippen molar-refractivity contribution in [2.45, 2.75) is 39.5 Å². The van der Waals surface area contributed by atoms with Gasteiger partial charge in [0.25, 0.3) is 0 Å². The van der Waals surface area contributed by atoms with Crippen molar-refractivity contribution < 1.29 is 19.3 Å². The molecule has 1 fully saturated rings. The fourth-order valence-electron chi connectivity index (χ4n) is 3.88. The van der Waals surface area contributed by atoms with Crippen LogP contribution in [0.2, 0.25) is 0 Å². The lowest BCUT2D eigenvalue weighted by Gasteiger charge is -2.16. The molecule has 0 aliphatic carbocycles. The second kappa shape index (κ2) is 10.1. The van der Waals surface area contributed by atoms with Gasteiger partial charge in [-0.2, -0.15) is 0 Å². The molecule has 2 aromatic rings. The van der Waals surface area contributed by atoms with Gasteiger partial charge in [0.05, 0.1) is 0 Å². The molecule has 1 amide bonds. The maximum absolute atomic E-state index is 11.8. The molecule has 158 valence electrons. The normalized spacial score (nSPS) is 16.5. The third-order valence-electron chi connectivity index (χ3n) is 5.46. The van der Waals surface area contributed by atoms with Gasteiger partial charge >= 0.3 is 5.84 Å². The SMILES string of the molecule is Cc1ccccc1N1CC[N+](c2ccccc2C)=C1C(=O)[O-].O=C1CCCCCN1. The summed E-state index contributed by atoms with van der Waals surface area (Å²) in [4.78, 5) is 24.2. The van der Waals surface area contributed by atoms with Gasteiger partial charge < -0.3 is 15.2 Å². The zero-order chi connectivity index (χ0) is 21.5. The topological polar surface area (TPSA) is 75.5 Å². The number of nitrogens with one attached hydrogen (secondary N) is 1. The molecular formula is C24H29N3O3. The van der Waals surface area contributed by atoms with Crippen LogP contribution in [-0.4, -0.2) is 41.9 Å². The molecule has 2 aromatic carbocycles. The Hall–Kier alpha value is -3.15. The highest BCUT2D eigenvalue weighted by Crippen LogP contribution is 2.26. The van der Waals surface area contributed by atoms with Gasteiger partial charge in [-0.15, -0.1) is 0 Å². The van der Waals surface area contributed by atoms with Gasteiger partial charge in [0.1, 0.15) is 24.5 Å². The van der Waals surface area contributed by atoms with Crippen molar-refractivity contribution in [2.75, 3.05) is 24.5 Å². The third-order valence-corrected chi connectivity index (χ3v) is 5.46. The molecule has 6 nitrogen and oxygen atoms in total. The fraction of sp³-hybridized carbons (Fsp3) is 0.375. The van der Waals surface area contributed by atoms with Gasteiger partial charge in [-0.05, 0) is 49.9 Å². The van der Waals surface area contributed by atoms with E-state index in [0.29, 0.717) is 13.1 Å². The Morgan fingerprint density at radius 3 is 2.40 bits per heavy atom. The number of nitrogens with zero attached hydrogens (tertiary/aromatic N) is 2. The van der Waals surface area contributed by atoms with Crippen molar-refractivity contribution in [2.24, 2.45) is 0 Å². The predicted octanol–water partition coefficient (Wildman–Crippen LogP) is 2.29. The summed E-state index contributed by atoms with van der Waals surface area (Å²) in [6, 6.07) is 15.6. The molecular weight excluding hydrogens is 378 g/mol. The first-order valence-electron chi connectivity index (χ1n) is 10.5. The zero-order valence-corrected chi connectivity index (χ0v) is 17.7. The number of carboxylic acid groups (broad SMARTS) is 1. The van der Waals surface area contributed by atoms with E-state index in [-0.39, 0.29) is 11.7 Å². The number of hydrogen-bond acceptors (Lipinski definition) is 4. The molecule has 0 radical (unpaired) electrons. The molecule has 0 saturated carbocycles. The first-order chi connectivity index (χ1) is 14.5. The van der Waals surface area contributed by atoms with Crippen LogP contribution in [0.5, 0.6) is 0 Å². The Labute approximate surface area is 177 Å². The van der Waals surface area contributed by atoms with Crippen molar-refractivity contribution in [1.29, 1.82) is 0 Å². The number of anilines is 1. The number of para-hydroxylation sites is 2. The fourth-order valence-corrected chi connectivity index (χ4v) is 3.88. The van der Waals surface area contributed by atoms with E-state index >= 15 is 0 Å². The summed E-state index contributed by atoms with van der Waals surface area (Å²) in [5, 5.41) is 14.6. The number of aliphatic carboxylic acids is 1. The smallest absolute Gasteiger partial charge is 0.305 e. The van der Waals surface area contributed by atoms with Crippen LogP contribution in [0.1, 0.15) is 36.8 Å². The molecule has 0 spiro atoms. The largest absolute Gasteiger partial charge is 0.538 e. The zero-order valence-electron chi connectivity index (χ0n) is 17.7. The standard InChI is InChI=1S/C18H18N2O2.C6H11NO/c1-13-7-3-5-9-15(13)19-11-12-20(17(19)18(21)22)16-10-6-4-8-14(16)2;8-6-4-2-1-3-5-7-6/h3-10H,11-12H2,1-2H3;1-5H2,(H,7,8). The minimum absolute atomic E-state index is 0.212. The van der Waals surface area contributed by atoms with Gasteiger partial charge in [0.2, 0.25) is 5.91 Å². The van der Waals surface area contributed by atoms with Gasteiger partial charge in [0, 0.05) is 13.0 Å². The summed E-state index contributed by atoms with van der Waals surface area (Å²) in [7, 11) is 0. The lowest BCUT2D eigenvalue weighted by molar-refractivity contribution is -0.432. The maximum atomic E-state index is 11.8. The van der Waals surface area contributed by atoms with Crippen molar-refractivity contribution in [1.82, 2.24) is 5.32 Å². The molecule has 4 rings (SSSR count). The monoisotopic (exact) mass is 407 g/mol. The second-order valence-electron chi connectivity index (χ2n) is 7.65. The number of carbonyl (C=O) groups excluding carboxylic acids is 2. The Balaban J connectivity index is 0.000000269. The lowest BCUT2D eigenvalue weighted by atomic mass is 10.2. The van der Waals surface area contributed by atoms with E-state index in [2.05, 4.69) is 5.32 Å². The molecule has 2 heterocycles. The van der Waals surface area contributed by atoms with Crippen molar-refractivity contribution in [3.63, 3.8) is 0 Å². The summed E-state index contributed by atoms with van der Waals surface area (Å²) in [5.74, 6) is -0.713. The van der Waals surface area contributed by atoms with Crippen LogP contribution in [-0.2, 0) is 9.59 Å². The summed E-state index contributed by atoms with van der Waals surface area (Å²) in [6.07, 6.45) is 4.18. The molecule has 0 aromatic heterocycles. The number of aryl methyl sites for hydroxylation is 2. The Morgan fingerprint density at radius 1 is 1.00 bits per heavy atom. The first kappa shape index (κ1) is 21.6. The van der Waals surface area contributed by atoms with Gasteiger partial charge in [0.15, 0.2) is 5.97 Å². The number of benzene rings is 2. The summed E-state index contributed by atoms with van der Waals surface area (Å²) in [5.41, 5.74) is 3.93. The predicted molar refractivity (Wildman–Crippen MR) is 116 cm³/mol. The quantitative estimate of drug-likeness (QED) is 0.792. The van der Waals surface area contributed by atoms with Crippen molar-refractivity contribution in [3.05, 3.63) is 59.7 Å². The number of carboxylic acids is 1. The van der Waals surface area contributed by atoms with Gasteiger partial charge in [-0.3, -0.25) is 4.79 Å². The Morgan fingerprint density at radius 2 is 1.70 bits per heavy atom. The number of amides is 1. The van der Waals surface area contributed by atoms with Gasteiger partial charge in [-0.25, -0.2) is 9.48 Å². The molecule has 30 heavy (non-hydrogen) atoms. The second-order valence-corrected chi connectivity index (χ2v) is 7.65. The van der Waals surface area contributed by atoms with Crippen LogP contribution in [0.25, 0.3) is 0 Å². The van der Waals surface area contributed by atoms with Crippen LogP contribution in [0, 0.1) is 13.8 Å². The van der Waals surface area contributed by atoms with E-state index in [0.717, 1.165) is 48.3 Å². The highest BCUT2D eigenvalue weighted by molar-refractivity contribution is 6.37. The molecule has 2 aliphatic rings. The number of amidine groups is 1. The molecule has 1 N–H and O–H groups in total. The molecule has 0 atom stereocenters. The number of hydrogen-bond donors (Lipinski definition) is 1.